The summed E-state index contributed by atoms with van der Waals surface area (Å²) in [5.41, 5.74) is 1.83. The van der Waals surface area contributed by atoms with Crippen LogP contribution in [0.3, 0.4) is 0 Å². The van der Waals surface area contributed by atoms with Gasteiger partial charge < -0.3 is 14.8 Å². The molecule has 0 unspecified atom stereocenters. The second-order valence-corrected chi connectivity index (χ2v) is 6.79. The lowest BCUT2D eigenvalue weighted by molar-refractivity contribution is -0.117. The largest absolute Gasteiger partial charge is 0.497 e. The maximum atomic E-state index is 12.0. The minimum atomic E-state index is -0.0119. The van der Waals surface area contributed by atoms with Gasteiger partial charge in [0.2, 0.25) is 5.91 Å². The first-order valence-corrected chi connectivity index (χ1v) is 9.35. The first-order chi connectivity index (χ1) is 12.1. The van der Waals surface area contributed by atoms with E-state index >= 15 is 0 Å². The topological polar surface area (TPSA) is 68.3 Å². The molecule has 0 aliphatic carbocycles. The molecule has 1 heterocycles. The molecule has 2 aromatic rings. The fraction of sp³-hybridized carbons (Fsp3) is 0.421. The van der Waals surface area contributed by atoms with E-state index in [9.17, 15) is 9.59 Å². The summed E-state index contributed by atoms with van der Waals surface area (Å²) < 4.78 is 5.15. The molecule has 0 atom stereocenters. The van der Waals surface area contributed by atoms with Gasteiger partial charge >= 0.3 is 0 Å². The van der Waals surface area contributed by atoms with Crippen LogP contribution in [0.4, 0.5) is 5.13 Å². The van der Waals surface area contributed by atoms with Crippen molar-refractivity contribution >= 4 is 28.2 Å². The van der Waals surface area contributed by atoms with Crippen LogP contribution in [0.2, 0.25) is 0 Å². The van der Waals surface area contributed by atoms with Crippen LogP contribution in [0.5, 0.6) is 5.75 Å². The third-order valence-corrected chi connectivity index (χ3v) is 4.58. The summed E-state index contributed by atoms with van der Waals surface area (Å²) in [5.74, 6) is 1.02. The van der Waals surface area contributed by atoms with E-state index in [0.29, 0.717) is 18.0 Å². The Hall–Kier alpha value is -2.21. The number of benzene rings is 1. The second-order valence-electron chi connectivity index (χ2n) is 5.93. The van der Waals surface area contributed by atoms with Gasteiger partial charge in [-0.1, -0.05) is 12.8 Å². The van der Waals surface area contributed by atoms with Gasteiger partial charge in [-0.15, -0.1) is 11.3 Å². The Bertz CT molecular complexity index is 695. The van der Waals surface area contributed by atoms with Crippen molar-refractivity contribution in [2.45, 2.75) is 45.4 Å². The molecule has 1 N–H and O–H groups in total. The predicted octanol–water partition coefficient (Wildman–Crippen LogP) is 4.69. The number of aromatic nitrogens is 1. The summed E-state index contributed by atoms with van der Waals surface area (Å²) in [7, 11) is 1.63. The van der Waals surface area contributed by atoms with Crippen LogP contribution in [-0.2, 0) is 9.59 Å². The van der Waals surface area contributed by atoms with E-state index in [2.05, 4.69) is 10.3 Å². The number of ether oxygens (including phenoxy) is 1. The maximum absolute atomic E-state index is 12.0. The average Bonchev–Trinajstić information content (AvgIpc) is 3.06. The Morgan fingerprint density at radius 2 is 1.76 bits per heavy atom. The molecule has 0 bridgehead atoms. The Balaban J connectivity index is 1.74. The van der Waals surface area contributed by atoms with E-state index in [4.69, 9.17) is 4.74 Å². The van der Waals surface area contributed by atoms with E-state index in [-0.39, 0.29) is 11.7 Å². The monoisotopic (exact) mass is 360 g/mol. The highest BCUT2D eigenvalue weighted by Crippen LogP contribution is 2.26. The first kappa shape index (κ1) is 19.1. The molecule has 0 aliphatic rings. The van der Waals surface area contributed by atoms with Crippen molar-refractivity contribution in [1.82, 2.24) is 4.98 Å². The normalized spacial score (nSPS) is 10.5. The van der Waals surface area contributed by atoms with Gasteiger partial charge in [0.15, 0.2) is 5.13 Å². The van der Waals surface area contributed by atoms with Crippen LogP contribution in [0.1, 0.15) is 45.4 Å². The third-order valence-electron chi connectivity index (χ3n) is 3.82. The molecule has 134 valence electrons. The Kier molecular flexibility index (Phi) is 7.60. The quantitative estimate of drug-likeness (QED) is 0.624. The summed E-state index contributed by atoms with van der Waals surface area (Å²) in [6, 6.07) is 7.67. The van der Waals surface area contributed by atoms with Crippen molar-refractivity contribution in [3.8, 4) is 17.0 Å². The number of hydrogen-bond donors (Lipinski definition) is 1. The van der Waals surface area contributed by atoms with Gasteiger partial charge in [0.25, 0.3) is 0 Å². The Labute approximate surface area is 152 Å². The molecule has 1 aromatic heterocycles. The molecule has 6 heteroatoms. The molecule has 5 nitrogen and oxygen atoms in total. The first-order valence-electron chi connectivity index (χ1n) is 8.47. The number of nitrogens with one attached hydrogen (secondary N) is 1. The SMILES string of the molecule is COc1ccc(-c2csc(NC(=O)CCCCCCC(C)=O)n2)cc1. The molecule has 2 rings (SSSR count). The highest BCUT2D eigenvalue weighted by Gasteiger charge is 2.08. The van der Waals surface area contributed by atoms with Crippen LogP contribution in [0.15, 0.2) is 29.6 Å². The number of rotatable bonds is 10. The van der Waals surface area contributed by atoms with Gasteiger partial charge in [-0.2, -0.15) is 0 Å². The fourth-order valence-electron chi connectivity index (χ4n) is 2.42. The molecule has 0 radical (unpaired) electrons. The number of nitrogens with zero attached hydrogens (tertiary/aromatic N) is 1. The molecule has 1 amide bonds. The maximum Gasteiger partial charge on any atom is 0.226 e. The number of hydrogen-bond acceptors (Lipinski definition) is 5. The number of unbranched alkanes of at least 4 members (excludes halogenated alkanes) is 3. The standard InChI is InChI=1S/C19H24N2O3S/c1-14(22)7-5-3-4-6-8-18(23)21-19-20-17(13-25-19)15-9-11-16(24-2)12-10-15/h9-13H,3-8H2,1-2H3,(H,20,21,23). The summed E-state index contributed by atoms with van der Waals surface area (Å²) >= 11 is 1.42. The molecular weight excluding hydrogens is 336 g/mol. The number of carbonyl (C=O) groups is 2. The molecule has 0 aliphatic heterocycles. The van der Waals surface area contributed by atoms with Crippen molar-refractivity contribution in [1.29, 1.82) is 0 Å². The van der Waals surface area contributed by atoms with E-state index < -0.39 is 0 Å². The zero-order valence-electron chi connectivity index (χ0n) is 14.7. The summed E-state index contributed by atoms with van der Waals surface area (Å²) in [6.45, 7) is 1.61. The predicted molar refractivity (Wildman–Crippen MR) is 101 cm³/mol. The summed E-state index contributed by atoms with van der Waals surface area (Å²) in [5, 5.41) is 5.40. The van der Waals surface area contributed by atoms with Crippen molar-refractivity contribution in [3.63, 3.8) is 0 Å². The van der Waals surface area contributed by atoms with Crippen LogP contribution >= 0.6 is 11.3 Å². The van der Waals surface area contributed by atoms with Gasteiger partial charge in [-0.05, 0) is 44.0 Å². The zero-order valence-corrected chi connectivity index (χ0v) is 15.5. The molecule has 0 saturated heterocycles. The minimum Gasteiger partial charge on any atom is -0.497 e. The van der Waals surface area contributed by atoms with E-state index in [0.717, 1.165) is 42.7 Å². The van der Waals surface area contributed by atoms with E-state index in [1.54, 1.807) is 14.0 Å². The summed E-state index contributed by atoms with van der Waals surface area (Å²) in [4.78, 5) is 27.3. The Morgan fingerprint density at radius 3 is 2.40 bits per heavy atom. The number of methoxy groups -OCH3 is 1. The van der Waals surface area contributed by atoms with Gasteiger partial charge in [0, 0.05) is 23.8 Å². The lowest BCUT2D eigenvalue weighted by atomic mass is 10.1. The number of amides is 1. The highest BCUT2D eigenvalue weighted by molar-refractivity contribution is 7.14. The van der Waals surface area contributed by atoms with Crippen LogP contribution < -0.4 is 10.1 Å². The minimum absolute atomic E-state index is 0.0119. The molecule has 0 saturated carbocycles. The van der Waals surface area contributed by atoms with E-state index in [1.165, 1.54) is 11.3 Å². The van der Waals surface area contributed by atoms with E-state index in [1.807, 2.05) is 29.6 Å². The Morgan fingerprint density at radius 1 is 1.08 bits per heavy atom. The van der Waals surface area contributed by atoms with Gasteiger partial charge in [-0.3, -0.25) is 4.79 Å². The number of ketones is 1. The second kappa shape index (κ2) is 9.93. The molecular formula is C19H24N2O3S. The van der Waals surface area contributed by atoms with Crippen molar-refractivity contribution < 1.29 is 14.3 Å². The van der Waals surface area contributed by atoms with Crippen molar-refractivity contribution in [2.75, 3.05) is 12.4 Å². The molecule has 0 spiro atoms. The van der Waals surface area contributed by atoms with Crippen molar-refractivity contribution in [3.05, 3.63) is 29.6 Å². The van der Waals surface area contributed by atoms with Gasteiger partial charge in [0.1, 0.15) is 11.5 Å². The molecule has 25 heavy (non-hydrogen) atoms. The van der Waals surface area contributed by atoms with Gasteiger partial charge in [-0.25, -0.2) is 4.98 Å². The molecule has 1 aromatic carbocycles. The highest BCUT2D eigenvalue weighted by atomic mass is 32.1. The number of carbonyl (C=O) groups excluding carboxylic acids is 2. The fourth-order valence-corrected chi connectivity index (χ4v) is 3.16. The molecule has 0 fully saturated rings. The lowest BCUT2D eigenvalue weighted by Crippen LogP contribution is -2.10. The zero-order chi connectivity index (χ0) is 18.1. The number of Topliss-reactive ketones (excluding diaryl/α,β-unsaturated/α-hetero) is 1. The van der Waals surface area contributed by atoms with Crippen LogP contribution in [-0.4, -0.2) is 23.8 Å². The smallest absolute Gasteiger partial charge is 0.226 e. The third kappa shape index (κ3) is 6.66. The average molecular weight is 360 g/mol. The van der Waals surface area contributed by atoms with Crippen LogP contribution in [0, 0.1) is 0 Å². The number of thiazole rings is 1. The summed E-state index contributed by atoms with van der Waals surface area (Å²) in [6.07, 6.45) is 4.83. The number of anilines is 1. The van der Waals surface area contributed by atoms with Crippen LogP contribution in [0.25, 0.3) is 11.3 Å². The van der Waals surface area contributed by atoms with Crippen molar-refractivity contribution in [2.24, 2.45) is 0 Å². The lowest BCUT2D eigenvalue weighted by Gasteiger charge is -2.02. The van der Waals surface area contributed by atoms with Gasteiger partial charge in [0.05, 0.1) is 12.8 Å².